The predicted octanol–water partition coefficient (Wildman–Crippen LogP) is 6.04. The molecule has 0 N–H and O–H groups in total. The molecule has 0 saturated heterocycles. The van der Waals surface area contributed by atoms with E-state index in [0.717, 1.165) is 46.6 Å². The first-order chi connectivity index (χ1) is 18.4. The first-order valence-corrected chi connectivity index (χ1v) is 14.0. The summed E-state index contributed by atoms with van der Waals surface area (Å²) in [6, 6.07) is 10.7. The lowest BCUT2D eigenvalue weighted by molar-refractivity contribution is -0.143. The molecule has 2 aromatic carbocycles. The summed E-state index contributed by atoms with van der Waals surface area (Å²) >= 11 is 0. The van der Waals surface area contributed by atoms with Crippen molar-refractivity contribution in [2.24, 2.45) is 13.0 Å². The van der Waals surface area contributed by atoms with Crippen LogP contribution >= 0.6 is 0 Å². The predicted molar refractivity (Wildman–Crippen MR) is 149 cm³/mol. The minimum atomic E-state index is -0.194. The number of benzene rings is 2. The Balaban J connectivity index is 1.43. The van der Waals surface area contributed by atoms with Crippen molar-refractivity contribution < 1.29 is 9.53 Å². The van der Waals surface area contributed by atoms with Crippen LogP contribution < -0.4 is 0 Å². The summed E-state index contributed by atoms with van der Waals surface area (Å²) in [6.45, 7) is 7.19. The van der Waals surface area contributed by atoms with Gasteiger partial charge in [-0.2, -0.15) is 0 Å². The smallest absolute Gasteiger partial charge is 0.306 e. The highest BCUT2D eigenvalue weighted by Crippen LogP contribution is 2.34. The standard InChI is InChI=1S/C31H39N5O2/c1-5-38-30(37)17-28(27-13-14-29-31(22(27)3)33-34-35(29)4)24-12-11-21(2)25(16-24)18-36-19-26(32-20-36)15-23-9-7-6-8-10-23/h11-14,16,19-20,23,28H,5-10,15,17-18H2,1-4H3. The topological polar surface area (TPSA) is 74.8 Å². The molecule has 200 valence electrons. The Bertz CT molecular complexity index is 1410. The van der Waals surface area contributed by atoms with Gasteiger partial charge in [0.05, 0.1) is 30.6 Å². The molecule has 1 atom stereocenters. The Morgan fingerprint density at radius 1 is 1.13 bits per heavy atom. The van der Waals surface area contributed by atoms with Gasteiger partial charge in [-0.1, -0.05) is 61.6 Å². The maximum atomic E-state index is 12.7. The summed E-state index contributed by atoms with van der Waals surface area (Å²) in [6.07, 6.45) is 12.3. The van der Waals surface area contributed by atoms with Crippen LogP contribution in [0, 0.1) is 19.8 Å². The molecule has 0 aliphatic heterocycles. The molecule has 1 saturated carbocycles. The first kappa shape index (κ1) is 26.1. The summed E-state index contributed by atoms with van der Waals surface area (Å²) < 4.78 is 9.36. The van der Waals surface area contributed by atoms with E-state index in [4.69, 9.17) is 9.72 Å². The molecule has 1 aliphatic carbocycles. The molecule has 1 fully saturated rings. The van der Waals surface area contributed by atoms with E-state index >= 15 is 0 Å². The van der Waals surface area contributed by atoms with E-state index in [9.17, 15) is 4.79 Å². The molecule has 2 heterocycles. The number of rotatable bonds is 9. The van der Waals surface area contributed by atoms with Gasteiger partial charge in [0, 0.05) is 25.7 Å². The third kappa shape index (κ3) is 5.66. The largest absolute Gasteiger partial charge is 0.466 e. The molecule has 0 bridgehead atoms. The summed E-state index contributed by atoms with van der Waals surface area (Å²) in [5.74, 6) is 0.445. The third-order valence-corrected chi connectivity index (χ3v) is 8.17. The highest BCUT2D eigenvalue weighted by atomic mass is 16.5. The van der Waals surface area contributed by atoms with Crippen molar-refractivity contribution in [3.63, 3.8) is 0 Å². The van der Waals surface area contributed by atoms with Crippen molar-refractivity contribution in [2.75, 3.05) is 6.61 Å². The Hall–Kier alpha value is -3.48. The Morgan fingerprint density at radius 3 is 2.74 bits per heavy atom. The zero-order valence-electron chi connectivity index (χ0n) is 23.1. The number of carbonyl (C=O) groups excluding carboxylic acids is 1. The second-order valence-electron chi connectivity index (χ2n) is 10.9. The van der Waals surface area contributed by atoms with E-state index in [2.05, 4.69) is 59.2 Å². The van der Waals surface area contributed by atoms with Crippen LogP contribution in [0.5, 0.6) is 0 Å². The lowest BCUT2D eigenvalue weighted by Gasteiger charge is -2.21. The average Bonchev–Trinajstić information content (AvgIpc) is 3.52. The van der Waals surface area contributed by atoms with Crippen LogP contribution in [0.15, 0.2) is 42.9 Å². The van der Waals surface area contributed by atoms with Gasteiger partial charge in [0.1, 0.15) is 5.52 Å². The maximum Gasteiger partial charge on any atom is 0.306 e. The van der Waals surface area contributed by atoms with Gasteiger partial charge in [-0.3, -0.25) is 4.79 Å². The Kier molecular flexibility index (Phi) is 7.91. The lowest BCUT2D eigenvalue weighted by Crippen LogP contribution is -2.13. The Labute approximate surface area is 225 Å². The monoisotopic (exact) mass is 513 g/mol. The normalized spacial score (nSPS) is 15.2. The summed E-state index contributed by atoms with van der Waals surface area (Å²) in [7, 11) is 1.90. The van der Waals surface area contributed by atoms with E-state index < -0.39 is 0 Å². The molecule has 4 aromatic rings. The van der Waals surface area contributed by atoms with Gasteiger partial charge < -0.3 is 9.30 Å². The van der Waals surface area contributed by atoms with Gasteiger partial charge >= 0.3 is 5.97 Å². The number of esters is 1. The van der Waals surface area contributed by atoms with Crippen LogP contribution in [-0.4, -0.2) is 37.1 Å². The fourth-order valence-electron chi connectivity index (χ4n) is 5.98. The zero-order chi connectivity index (χ0) is 26.6. The van der Waals surface area contributed by atoms with Gasteiger partial charge in [0.15, 0.2) is 0 Å². The Morgan fingerprint density at radius 2 is 1.95 bits per heavy atom. The van der Waals surface area contributed by atoms with Gasteiger partial charge in [0.2, 0.25) is 0 Å². The molecule has 0 spiro atoms. The summed E-state index contributed by atoms with van der Waals surface area (Å²) in [5.41, 5.74) is 8.74. The van der Waals surface area contributed by atoms with Gasteiger partial charge in [-0.05, 0) is 67.0 Å². The van der Waals surface area contributed by atoms with E-state index in [1.807, 2.05) is 26.4 Å². The van der Waals surface area contributed by atoms with Crippen LogP contribution in [0.2, 0.25) is 0 Å². The number of ether oxygens (including phenoxy) is 1. The number of aryl methyl sites for hydroxylation is 3. The van der Waals surface area contributed by atoms with Crippen molar-refractivity contribution in [1.29, 1.82) is 0 Å². The number of imidazole rings is 1. The molecule has 38 heavy (non-hydrogen) atoms. The lowest BCUT2D eigenvalue weighted by atomic mass is 9.84. The van der Waals surface area contributed by atoms with Crippen LogP contribution in [0.1, 0.15) is 84.9 Å². The molecule has 1 unspecified atom stereocenters. The summed E-state index contributed by atoms with van der Waals surface area (Å²) in [5, 5.41) is 8.59. The molecular formula is C31H39N5O2. The number of hydrogen-bond donors (Lipinski definition) is 0. The second kappa shape index (κ2) is 11.5. The minimum absolute atomic E-state index is 0.135. The highest BCUT2D eigenvalue weighted by Gasteiger charge is 2.24. The third-order valence-electron chi connectivity index (χ3n) is 8.17. The van der Waals surface area contributed by atoms with Crippen LogP contribution in [0.3, 0.4) is 0 Å². The minimum Gasteiger partial charge on any atom is -0.466 e. The maximum absolute atomic E-state index is 12.7. The quantitative estimate of drug-likeness (QED) is 0.255. The van der Waals surface area contributed by atoms with Gasteiger partial charge in [-0.15, -0.1) is 5.10 Å². The molecule has 5 rings (SSSR count). The van der Waals surface area contributed by atoms with Crippen LogP contribution in [0.25, 0.3) is 11.0 Å². The van der Waals surface area contributed by atoms with Crippen molar-refractivity contribution in [3.8, 4) is 0 Å². The number of aromatic nitrogens is 5. The first-order valence-electron chi connectivity index (χ1n) is 14.0. The van der Waals surface area contributed by atoms with Crippen LogP contribution in [0.4, 0.5) is 0 Å². The number of carbonyl (C=O) groups is 1. The van der Waals surface area contributed by atoms with Crippen molar-refractivity contribution in [1.82, 2.24) is 24.5 Å². The van der Waals surface area contributed by atoms with Gasteiger partial charge in [-0.25, -0.2) is 9.67 Å². The molecule has 7 nitrogen and oxygen atoms in total. The van der Waals surface area contributed by atoms with E-state index in [0.29, 0.717) is 6.61 Å². The molecule has 1 aliphatic rings. The zero-order valence-corrected chi connectivity index (χ0v) is 23.1. The van der Waals surface area contributed by atoms with Crippen molar-refractivity contribution in [2.45, 2.75) is 78.2 Å². The number of nitrogens with zero attached hydrogens (tertiary/aromatic N) is 5. The van der Waals surface area contributed by atoms with Crippen molar-refractivity contribution in [3.05, 3.63) is 76.4 Å². The number of hydrogen-bond acceptors (Lipinski definition) is 5. The fourth-order valence-corrected chi connectivity index (χ4v) is 5.98. The molecule has 2 aromatic heterocycles. The molecule has 0 amide bonds. The summed E-state index contributed by atoms with van der Waals surface area (Å²) in [4.78, 5) is 17.5. The van der Waals surface area contributed by atoms with Gasteiger partial charge in [0.25, 0.3) is 0 Å². The molecular weight excluding hydrogens is 474 g/mol. The fraction of sp³-hybridized carbons (Fsp3) is 0.484. The SMILES string of the molecule is CCOC(=O)CC(c1ccc(C)c(Cn2cnc(CC3CCCCC3)c2)c1)c1ccc2c(nnn2C)c1C. The average molecular weight is 514 g/mol. The van der Waals surface area contributed by atoms with E-state index in [1.54, 1.807) is 4.68 Å². The second-order valence-corrected chi connectivity index (χ2v) is 10.9. The molecule has 0 radical (unpaired) electrons. The van der Waals surface area contributed by atoms with E-state index in [1.165, 1.54) is 48.9 Å². The number of fused-ring (bicyclic) bond motifs is 1. The van der Waals surface area contributed by atoms with Crippen molar-refractivity contribution >= 4 is 17.0 Å². The highest BCUT2D eigenvalue weighted by molar-refractivity contribution is 5.80. The van der Waals surface area contributed by atoms with E-state index in [-0.39, 0.29) is 18.3 Å². The molecule has 7 heteroatoms. The van der Waals surface area contributed by atoms with Crippen LogP contribution in [-0.2, 0) is 29.5 Å².